The van der Waals surface area contributed by atoms with E-state index in [9.17, 15) is 4.39 Å². The maximum Gasteiger partial charge on any atom is 0.165 e. The molecule has 100 valence electrons. The Morgan fingerprint density at radius 1 is 1.21 bits per heavy atom. The largest absolute Gasteiger partial charge is 0.489 e. The van der Waals surface area contributed by atoms with Gasteiger partial charge in [0.25, 0.3) is 0 Å². The summed E-state index contributed by atoms with van der Waals surface area (Å²) in [5, 5.41) is 3.23. The molecule has 4 heteroatoms. The van der Waals surface area contributed by atoms with Gasteiger partial charge in [-0.1, -0.05) is 28.1 Å². The lowest BCUT2D eigenvalue weighted by molar-refractivity contribution is 0.315. The summed E-state index contributed by atoms with van der Waals surface area (Å²) in [7, 11) is 0. The Kier molecular flexibility index (Phi) is 4.80. The molecule has 1 N–H and O–H groups in total. The molecule has 0 amide bonds. The van der Waals surface area contributed by atoms with E-state index < -0.39 is 0 Å². The van der Waals surface area contributed by atoms with Gasteiger partial charge in [-0.3, -0.25) is 0 Å². The summed E-state index contributed by atoms with van der Waals surface area (Å²) >= 11 is 3.29. The van der Waals surface area contributed by atoms with Crippen molar-refractivity contribution in [2.45, 2.75) is 6.92 Å². The first kappa shape index (κ1) is 13.9. The van der Waals surface area contributed by atoms with Crippen molar-refractivity contribution in [2.75, 3.05) is 18.5 Å². The molecule has 0 aliphatic heterocycles. The third-order valence-electron chi connectivity index (χ3n) is 2.60. The van der Waals surface area contributed by atoms with E-state index in [1.54, 1.807) is 12.1 Å². The standard InChI is InChI=1S/C15H15BrFNO/c1-11-3-2-4-13(9-11)18-7-8-19-15-10-12(16)5-6-14(15)17/h2-6,9-10,18H,7-8H2,1H3. The molecule has 0 radical (unpaired) electrons. The van der Waals surface area contributed by atoms with E-state index in [4.69, 9.17) is 4.74 Å². The first-order valence-corrected chi connectivity index (χ1v) is 6.83. The van der Waals surface area contributed by atoms with Crippen LogP contribution in [0.5, 0.6) is 5.75 Å². The minimum Gasteiger partial charge on any atom is -0.489 e. The Morgan fingerprint density at radius 2 is 2.05 bits per heavy atom. The average molecular weight is 324 g/mol. The van der Waals surface area contributed by atoms with Crippen LogP contribution in [-0.4, -0.2) is 13.2 Å². The van der Waals surface area contributed by atoms with Crippen LogP contribution in [-0.2, 0) is 0 Å². The summed E-state index contributed by atoms with van der Waals surface area (Å²) in [6.07, 6.45) is 0. The highest BCUT2D eigenvalue weighted by Gasteiger charge is 2.03. The second-order valence-corrected chi connectivity index (χ2v) is 5.14. The molecule has 0 saturated heterocycles. The summed E-state index contributed by atoms with van der Waals surface area (Å²) in [5.41, 5.74) is 2.24. The molecule has 2 nitrogen and oxygen atoms in total. The predicted molar refractivity (Wildman–Crippen MR) is 79.3 cm³/mol. The Labute approximate surface area is 120 Å². The van der Waals surface area contributed by atoms with Gasteiger partial charge < -0.3 is 10.1 Å². The maximum absolute atomic E-state index is 13.4. The highest BCUT2D eigenvalue weighted by molar-refractivity contribution is 9.10. The quantitative estimate of drug-likeness (QED) is 0.824. The van der Waals surface area contributed by atoms with E-state index in [2.05, 4.69) is 27.3 Å². The Morgan fingerprint density at radius 3 is 2.84 bits per heavy atom. The number of ether oxygens (including phenoxy) is 1. The molecule has 0 aromatic heterocycles. The number of benzene rings is 2. The summed E-state index contributed by atoms with van der Waals surface area (Å²) < 4.78 is 19.6. The Bertz CT molecular complexity index is 560. The van der Waals surface area contributed by atoms with Crippen molar-refractivity contribution in [3.05, 3.63) is 58.3 Å². The fourth-order valence-electron chi connectivity index (χ4n) is 1.70. The van der Waals surface area contributed by atoms with E-state index in [0.29, 0.717) is 13.2 Å². The molecule has 2 aromatic rings. The molecule has 0 spiro atoms. The van der Waals surface area contributed by atoms with Crippen LogP contribution in [0.1, 0.15) is 5.56 Å². The number of hydrogen-bond donors (Lipinski definition) is 1. The van der Waals surface area contributed by atoms with Crippen LogP contribution in [0.15, 0.2) is 46.9 Å². The molecular formula is C15H15BrFNO. The van der Waals surface area contributed by atoms with E-state index in [1.165, 1.54) is 11.6 Å². The highest BCUT2D eigenvalue weighted by atomic mass is 79.9. The second kappa shape index (κ2) is 6.57. The Balaban J connectivity index is 1.82. The van der Waals surface area contributed by atoms with Gasteiger partial charge in [0.1, 0.15) is 6.61 Å². The van der Waals surface area contributed by atoms with Crippen LogP contribution in [0.25, 0.3) is 0 Å². The van der Waals surface area contributed by atoms with Crippen LogP contribution < -0.4 is 10.1 Å². The van der Waals surface area contributed by atoms with E-state index in [-0.39, 0.29) is 11.6 Å². The lowest BCUT2D eigenvalue weighted by Gasteiger charge is -2.10. The normalized spacial score (nSPS) is 10.3. The first-order valence-electron chi connectivity index (χ1n) is 6.03. The van der Waals surface area contributed by atoms with Gasteiger partial charge in [0.05, 0.1) is 0 Å². The van der Waals surface area contributed by atoms with Crippen LogP contribution in [0.4, 0.5) is 10.1 Å². The minimum absolute atomic E-state index is 0.264. The number of anilines is 1. The van der Waals surface area contributed by atoms with Gasteiger partial charge in [0.15, 0.2) is 11.6 Å². The van der Waals surface area contributed by atoms with Crippen molar-refractivity contribution in [1.82, 2.24) is 0 Å². The van der Waals surface area contributed by atoms with Gasteiger partial charge in [-0.2, -0.15) is 0 Å². The number of halogens is 2. The third kappa shape index (κ3) is 4.24. The molecule has 0 aliphatic rings. The molecule has 0 saturated carbocycles. The van der Waals surface area contributed by atoms with E-state index in [0.717, 1.165) is 10.2 Å². The van der Waals surface area contributed by atoms with Gasteiger partial charge in [0, 0.05) is 16.7 Å². The number of aryl methyl sites for hydroxylation is 1. The summed E-state index contributed by atoms with van der Waals surface area (Å²) in [4.78, 5) is 0. The van der Waals surface area contributed by atoms with E-state index >= 15 is 0 Å². The van der Waals surface area contributed by atoms with Crippen LogP contribution in [0, 0.1) is 12.7 Å². The number of rotatable bonds is 5. The van der Waals surface area contributed by atoms with Crippen LogP contribution >= 0.6 is 15.9 Å². The van der Waals surface area contributed by atoms with Gasteiger partial charge >= 0.3 is 0 Å². The second-order valence-electron chi connectivity index (χ2n) is 4.22. The summed E-state index contributed by atoms with van der Waals surface area (Å²) in [6.45, 7) is 3.06. The highest BCUT2D eigenvalue weighted by Crippen LogP contribution is 2.22. The van der Waals surface area contributed by atoms with Gasteiger partial charge in [-0.05, 0) is 42.8 Å². The van der Waals surface area contributed by atoms with Crippen molar-refractivity contribution in [3.8, 4) is 5.75 Å². The first-order chi connectivity index (χ1) is 9.15. The molecular weight excluding hydrogens is 309 g/mol. The Hall–Kier alpha value is -1.55. The zero-order valence-electron chi connectivity index (χ0n) is 10.6. The summed E-state index contributed by atoms with van der Waals surface area (Å²) in [6, 6.07) is 12.7. The molecule has 19 heavy (non-hydrogen) atoms. The monoisotopic (exact) mass is 323 g/mol. The molecule has 0 unspecified atom stereocenters. The van der Waals surface area contributed by atoms with Gasteiger partial charge in [-0.15, -0.1) is 0 Å². The zero-order valence-corrected chi connectivity index (χ0v) is 12.2. The van der Waals surface area contributed by atoms with Crippen molar-refractivity contribution in [2.24, 2.45) is 0 Å². The molecule has 0 heterocycles. The zero-order chi connectivity index (χ0) is 13.7. The molecule has 0 bridgehead atoms. The van der Waals surface area contributed by atoms with Crippen molar-refractivity contribution in [1.29, 1.82) is 0 Å². The predicted octanol–water partition coefficient (Wildman–Crippen LogP) is 4.39. The lowest BCUT2D eigenvalue weighted by Crippen LogP contribution is -2.12. The van der Waals surface area contributed by atoms with Crippen LogP contribution in [0.3, 0.4) is 0 Å². The van der Waals surface area contributed by atoms with Crippen molar-refractivity contribution in [3.63, 3.8) is 0 Å². The van der Waals surface area contributed by atoms with Gasteiger partial charge in [0.2, 0.25) is 0 Å². The molecule has 2 rings (SSSR count). The lowest BCUT2D eigenvalue weighted by atomic mass is 10.2. The number of hydrogen-bond acceptors (Lipinski definition) is 2. The van der Waals surface area contributed by atoms with E-state index in [1.807, 2.05) is 25.1 Å². The average Bonchev–Trinajstić information content (AvgIpc) is 2.39. The summed E-state index contributed by atoms with van der Waals surface area (Å²) in [5.74, 6) is -0.0841. The SMILES string of the molecule is Cc1cccc(NCCOc2cc(Br)ccc2F)c1. The third-order valence-corrected chi connectivity index (χ3v) is 3.09. The van der Waals surface area contributed by atoms with Gasteiger partial charge in [-0.25, -0.2) is 4.39 Å². The molecule has 0 aliphatic carbocycles. The van der Waals surface area contributed by atoms with Crippen molar-refractivity contribution < 1.29 is 9.13 Å². The van der Waals surface area contributed by atoms with Crippen molar-refractivity contribution >= 4 is 21.6 Å². The molecule has 2 aromatic carbocycles. The fraction of sp³-hybridized carbons (Fsp3) is 0.200. The minimum atomic E-state index is -0.348. The smallest absolute Gasteiger partial charge is 0.165 e. The topological polar surface area (TPSA) is 21.3 Å². The maximum atomic E-state index is 13.4. The number of nitrogens with one attached hydrogen (secondary N) is 1. The molecule has 0 atom stereocenters. The van der Waals surface area contributed by atoms with Crippen LogP contribution in [0.2, 0.25) is 0 Å². The molecule has 0 fully saturated rings. The fourth-order valence-corrected chi connectivity index (χ4v) is 2.04.